The molecule has 0 radical (unpaired) electrons. The maximum Gasteiger partial charge on any atom is 0.254 e. The van der Waals surface area contributed by atoms with Gasteiger partial charge in [0.05, 0.1) is 18.1 Å². The number of hydrogen-bond donors (Lipinski definition) is 1. The van der Waals surface area contributed by atoms with Gasteiger partial charge in [-0.05, 0) is 18.6 Å². The molecule has 5 nitrogen and oxygen atoms in total. The zero-order valence-corrected chi connectivity index (χ0v) is 11.3. The van der Waals surface area contributed by atoms with Crippen molar-refractivity contribution in [2.75, 3.05) is 24.7 Å². The molecule has 1 fully saturated rings. The SMILES string of the molecule is O=C(c1ccccc1)N(CCO)C1CCS(=O)(=O)C1. The van der Waals surface area contributed by atoms with Crippen LogP contribution in [0.5, 0.6) is 0 Å². The van der Waals surface area contributed by atoms with Crippen molar-refractivity contribution in [3.8, 4) is 0 Å². The minimum atomic E-state index is -3.05. The van der Waals surface area contributed by atoms with Gasteiger partial charge in [-0.1, -0.05) is 18.2 Å². The quantitative estimate of drug-likeness (QED) is 0.863. The Morgan fingerprint density at radius 3 is 2.53 bits per heavy atom. The zero-order chi connectivity index (χ0) is 13.9. The minimum Gasteiger partial charge on any atom is -0.395 e. The third kappa shape index (κ3) is 3.33. The molecular formula is C13H17NO4S. The van der Waals surface area contributed by atoms with Crippen LogP contribution in [0.4, 0.5) is 0 Å². The van der Waals surface area contributed by atoms with Gasteiger partial charge in [0.15, 0.2) is 9.84 Å². The first kappa shape index (κ1) is 14.0. The summed E-state index contributed by atoms with van der Waals surface area (Å²) in [6.07, 6.45) is 0.445. The van der Waals surface area contributed by atoms with Crippen LogP contribution in [0.1, 0.15) is 16.8 Å². The van der Waals surface area contributed by atoms with E-state index in [4.69, 9.17) is 5.11 Å². The lowest BCUT2D eigenvalue weighted by Gasteiger charge is -2.27. The van der Waals surface area contributed by atoms with E-state index in [1.165, 1.54) is 4.90 Å². The number of aliphatic hydroxyl groups is 1. The molecule has 1 aromatic rings. The summed E-state index contributed by atoms with van der Waals surface area (Å²) in [6.45, 7) is -0.0109. The average Bonchev–Trinajstić information content (AvgIpc) is 2.76. The van der Waals surface area contributed by atoms with Crippen LogP contribution >= 0.6 is 0 Å². The Morgan fingerprint density at radius 2 is 2.00 bits per heavy atom. The second-order valence-electron chi connectivity index (χ2n) is 4.65. The zero-order valence-electron chi connectivity index (χ0n) is 10.5. The second-order valence-corrected chi connectivity index (χ2v) is 6.87. The van der Waals surface area contributed by atoms with Gasteiger partial charge in [-0.3, -0.25) is 4.79 Å². The molecular weight excluding hydrogens is 266 g/mol. The third-order valence-corrected chi connectivity index (χ3v) is 5.02. The van der Waals surface area contributed by atoms with Crippen molar-refractivity contribution in [3.05, 3.63) is 35.9 Å². The fourth-order valence-electron chi connectivity index (χ4n) is 2.33. The fraction of sp³-hybridized carbons (Fsp3) is 0.462. The van der Waals surface area contributed by atoms with Gasteiger partial charge in [-0.2, -0.15) is 0 Å². The van der Waals surface area contributed by atoms with E-state index in [1.54, 1.807) is 24.3 Å². The summed E-state index contributed by atoms with van der Waals surface area (Å²) in [5.41, 5.74) is 0.514. The van der Waals surface area contributed by atoms with Gasteiger partial charge in [0.25, 0.3) is 5.91 Å². The normalized spacial score (nSPS) is 21.2. The summed E-state index contributed by atoms with van der Waals surface area (Å²) < 4.78 is 23.0. The van der Waals surface area contributed by atoms with Crippen LogP contribution in [-0.2, 0) is 9.84 Å². The fourth-order valence-corrected chi connectivity index (χ4v) is 4.06. The third-order valence-electron chi connectivity index (χ3n) is 3.27. The Hall–Kier alpha value is -1.40. The molecule has 1 atom stereocenters. The van der Waals surface area contributed by atoms with Crippen molar-refractivity contribution in [1.82, 2.24) is 4.90 Å². The van der Waals surface area contributed by atoms with Gasteiger partial charge >= 0.3 is 0 Å². The first-order chi connectivity index (χ1) is 9.03. The van der Waals surface area contributed by atoms with E-state index in [9.17, 15) is 13.2 Å². The Bertz CT molecular complexity index is 541. The molecule has 1 heterocycles. The number of nitrogens with zero attached hydrogens (tertiary/aromatic N) is 1. The van der Waals surface area contributed by atoms with Crippen LogP contribution in [0.25, 0.3) is 0 Å². The maximum absolute atomic E-state index is 12.4. The molecule has 0 aliphatic carbocycles. The Kier molecular flexibility index (Phi) is 4.21. The van der Waals surface area contributed by atoms with Crippen molar-refractivity contribution >= 4 is 15.7 Å². The van der Waals surface area contributed by atoms with E-state index in [-0.39, 0.29) is 36.6 Å². The molecule has 6 heteroatoms. The highest BCUT2D eigenvalue weighted by Gasteiger charge is 2.34. The van der Waals surface area contributed by atoms with Crippen LogP contribution < -0.4 is 0 Å². The number of benzene rings is 1. The van der Waals surface area contributed by atoms with E-state index in [0.29, 0.717) is 12.0 Å². The monoisotopic (exact) mass is 283 g/mol. The van der Waals surface area contributed by atoms with Gasteiger partial charge in [-0.25, -0.2) is 8.42 Å². The summed E-state index contributed by atoms with van der Waals surface area (Å²) in [7, 11) is -3.05. The molecule has 0 spiro atoms. The van der Waals surface area contributed by atoms with Gasteiger partial charge in [0.1, 0.15) is 0 Å². The molecule has 19 heavy (non-hydrogen) atoms. The van der Waals surface area contributed by atoms with Gasteiger partial charge in [-0.15, -0.1) is 0 Å². The van der Waals surface area contributed by atoms with E-state index in [0.717, 1.165) is 0 Å². The molecule has 104 valence electrons. The van der Waals surface area contributed by atoms with E-state index in [2.05, 4.69) is 0 Å². The lowest BCUT2D eigenvalue weighted by Crippen LogP contribution is -2.42. The van der Waals surface area contributed by atoms with Crippen molar-refractivity contribution in [3.63, 3.8) is 0 Å². The molecule has 0 aromatic heterocycles. The molecule has 0 saturated carbocycles. The summed E-state index contributed by atoms with van der Waals surface area (Å²) in [5.74, 6) is -0.121. The molecule has 0 bridgehead atoms. The molecule has 1 N–H and O–H groups in total. The lowest BCUT2D eigenvalue weighted by atomic mass is 10.1. The number of amides is 1. The van der Waals surface area contributed by atoms with Gasteiger partial charge < -0.3 is 10.0 Å². The van der Waals surface area contributed by atoms with Crippen LogP contribution in [0.15, 0.2) is 30.3 Å². The summed E-state index contributed by atoms with van der Waals surface area (Å²) in [4.78, 5) is 13.8. The molecule has 1 unspecified atom stereocenters. The number of aliphatic hydroxyl groups excluding tert-OH is 1. The average molecular weight is 283 g/mol. The highest BCUT2D eigenvalue weighted by molar-refractivity contribution is 7.91. The number of carbonyl (C=O) groups is 1. The van der Waals surface area contributed by atoms with Crippen LogP contribution in [0, 0.1) is 0 Å². The highest BCUT2D eigenvalue weighted by atomic mass is 32.2. The number of sulfone groups is 1. The van der Waals surface area contributed by atoms with Gasteiger partial charge in [0.2, 0.25) is 0 Å². The first-order valence-corrected chi connectivity index (χ1v) is 8.03. The highest BCUT2D eigenvalue weighted by Crippen LogP contribution is 2.19. The summed E-state index contributed by atoms with van der Waals surface area (Å²) in [5, 5.41) is 9.08. The Labute approximate surface area is 112 Å². The minimum absolute atomic E-state index is 0.00836. The van der Waals surface area contributed by atoms with Crippen LogP contribution in [0.2, 0.25) is 0 Å². The largest absolute Gasteiger partial charge is 0.395 e. The summed E-state index contributed by atoms with van der Waals surface area (Å²) >= 11 is 0. The van der Waals surface area contributed by atoms with Crippen molar-refractivity contribution < 1.29 is 18.3 Å². The van der Waals surface area contributed by atoms with Crippen molar-refractivity contribution in [2.45, 2.75) is 12.5 Å². The van der Waals surface area contributed by atoms with Crippen LogP contribution in [-0.4, -0.2) is 55.0 Å². The predicted octanol–water partition coefficient (Wildman–Crippen LogP) is 0.308. The Morgan fingerprint density at radius 1 is 1.32 bits per heavy atom. The number of hydrogen-bond acceptors (Lipinski definition) is 4. The van der Waals surface area contributed by atoms with Crippen molar-refractivity contribution in [2.24, 2.45) is 0 Å². The van der Waals surface area contributed by atoms with E-state index < -0.39 is 9.84 Å². The van der Waals surface area contributed by atoms with E-state index >= 15 is 0 Å². The smallest absolute Gasteiger partial charge is 0.254 e. The van der Waals surface area contributed by atoms with Crippen molar-refractivity contribution in [1.29, 1.82) is 0 Å². The molecule has 1 aliphatic rings. The molecule has 1 amide bonds. The summed E-state index contributed by atoms with van der Waals surface area (Å²) in [6, 6.07) is 8.38. The topological polar surface area (TPSA) is 74.7 Å². The standard InChI is InChI=1S/C13H17NO4S/c15-8-7-14(12-6-9-19(17,18)10-12)13(16)11-4-2-1-3-5-11/h1-5,12,15H,6-10H2. The van der Waals surface area contributed by atoms with E-state index in [1.807, 2.05) is 6.07 Å². The predicted molar refractivity (Wildman–Crippen MR) is 71.6 cm³/mol. The number of rotatable bonds is 4. The molecule has 1 saturated heterocycles. The maximum atomic E-state index is 12.4. The Balaban J connectivity index is 2.19. The lowest BCUT2D eigenvalue weighted by molar-refractivity contribution is 0.0655. The molecule has 1 aliphatic heterocycles. The number of carbonyl (C=O) groups excluding carboxylic acids is 1. The molecule has 2 rings (SSSR count). The molecule has 1 aromatic carbocycles. The second kappa shape index (κ2) is 5.71. The van der Waals surface area contributed by atoms with Crippen LogP contribution in [0.3, 0.4) is 0 Å². The van der Waals surface area contributed by atoms with Gasteiger partial charge in [0, 0.05) is 18.2 Å². The first-order valence-electron chi connectivity index (χ1n) is 6.21.